The Balaban J connectivity index is 2.41. The zero-order chi connectivity index (χ0) is 15.4. The molecular formula is C15H20ClN3O2. The zero-order valence-electron chi connectivity index (χ0n) is 12.1. The topological polar surface area (TPSA) is 58.4 Å². The van der Waals surface area contributed by atoms with Crippen LogP contribution >= 0.6 is 11.6 Å². The lowest BCUT2D eigenvalue weighted by molar-refractivity contribution is -0.386. The summed E-state index contributed by atoms with van der Waals surface area (Å²) in [5.74, 6) is 0. The van der Waals surface area contributed by atoms with Gasteiger partial charge in [0.15, 0.2) is 0 Å². The van der Waals surface area contributed by atoms with Gasteiger partial charge in [-0.25, -0.2) is 0 Å². The highest BCUT2D eigenvalue weighted by Crippen LogP contribution is 2.35. The summed E-state index contributed by atoms with van der Waals surface area (Å²) >= 11 is 6.07. The third-order valence-electron chi connectivity index (χ3n) is 3.68. The molecule has 1 aliphatic heterocycles. The molecule has 0 unspecified atom stereocenters. The van der Waals surface area contributed by atoms with E-state index in [0.717, 1.165) is 31.8 Å². The van der Waals surface area contributed by atoms with E-state index in [1.54, 1.807) is 12.1 Å². The van der Waals surface area contributed by atoms with Gasteiger partial charge in [-0.2, -0.15) is 0 Å². The first kappa shape index (κ1) is 15.9. The van der Waals surface area contributed by atoms with Crippen LogP contribution in [0.1, 0.15) is 24.9 Å². The average molecular weight is 310 g/mol. The van der Waals surface area contributed by atoms with Gasteiger partial charge in [0.05, 0.1) is 4.92 Å². The third kappa shape index (κ3) is 4.03. The van der Waals surface area contributed by atoms with E-state index in [4.69, 9.17) is 11.6 Å². The van der Waals surface area contributed by atoms with Crippen LogP contribution in [0.3, 0.4) is 0 Å². The number of rotatable bonds is 5. The molecule has 2 rings (SSSR count). The molecule has 6 heteroatoms. The number of halogens is 1. The van der Waals surface area contributed by atoms with Gasteiger partial charge in [-0.3, -0.25) is 15.0 Å². The molecule has 1 N–H and O–H groups in total. The minimum absolute atomic E-state index is 0.0521. The highest BCUT2D eigenvalue weighted by Gasteiger charge is 2.28. The highest BCUT2D eigenvalue weighted by molar-refractivity contribution is 6.30. The van der Waals surface area contributed by atoms with Crippen molar-refractivity contribution in [2.45, 2.75) is 19.4 Å². The number of nitrogens with one attached hydrogen (secondary N) is 1. The van der Waals surface area contributed by atoms with Crippen molar-refractivity contribution in [3.63, 3.8) is 0 Å². The predicted octanol–water partition coefficient (Wildman–Crippen LogP) is 3.16. The number of nitrogens with zero attached hydrogens (tertiary/aromatic N) is 2. The Morgan fingerprint density at radius 2 is 2.19 bits per heavy atom. The minimum Gasteiger partial charge on any atom is -0.314 e. The lowest BCUT2D eigenvalue weighted by Crippen LogP contribution is -2.45. The van der Waals surface area contributed by atoms with Crippen molar-refractivity contribution in [1.29, 1.82) is 0 Å². The van der Waals surface area contributed by atoms with Crippen molar-refractivity contribution >= 4 is 17.3 Å². The fourth-order valence-electron chi connectivity index (χ4n) is 2.72. The van der Waals surface area contributed by atoms with Crippen molar-refractivity contribution in [3.8, 4) is 0 Å². The second-order valence-corrected chi connectivity index (χ2v) is 5.86. The molecule has 0 radical (unpaired) electrons. The summed E-state index contributed by atoms with van der Waals surface area (Å²) in [6.07, 6.45) is 0.696. The molecule has 114 valence electrons. The zero-order valence-corrected chi connectivity index (χ0v) is 12.9. The quantitative estimate of drug-likeness (QED) is 0.515. The molecule has 0 aromatic heterocycles. The Morgan fingerprint density at radius 1 is 1.52 bits per heavy atom. The molecule has 21 heavy (non-hydrogen) atoms. The van der Waals surface area contributed by atoms with Crippen LogP contribution in [-0.2, 0) is 0 Å². The van der Waals surface area contributed by atoms with Crippen LogP contribution in [0.25, 0.3) is 0 Å². The van der Waals surface area contributed by atoms with Gasteiger partial charge in [-0.15, -0.1) is 6.58 Å². The van der Waals surface area contributed by atoms with Crippen LogP contribution in [0.2, 0.25) is 5.02 Å². The minimum atomic E-state index is -0.334. The van der Waals surface area contributed by atoms with Crippen molar-refractivity contribution in [2.24, 2.45) is 0 Å². The van der Waals surface area contributed by atoms with Crippen molar-refractivity contribution < 1.29 is 4.92 Å². The second-order valence-electron chi connectivity index (χ2n) is 5.42. The standard InChI is InChI=1S/C15H20ClN3O2/c1-11(2)9-15(18-7-5-17-6-8-18)13-10-12(16)3-4-14(13)19(20)21/h3-4,10,15,17H,1,5-9H2,2H3/t15-/m1/s1. The van der Waals surface area contributed by atoms with Crippen molar-refractivity contribution in [2.75, 3.05) is 26.2 Å². The molecule has 0 amide bonds. The van der Waals surface area contributed by atoms with Crippen LogP contribution in [-0.4, -0.2) is 36.0 Å². The molecular weight excluding hydrogens is 290 g/mol. The van der Waals surface area contributed by atoms with E-state index in [9.17, 15) is 10.1 Å². The predicted molar refractivity (Wildman–Crippen MR) is 84.7 cm³/mol. The van der Waals surface area contributed by atoms with E-state index in [2.05, 4.69) is 16.8 Å². The van der Waals surface area contributed by atoms with Gasteiger partial charge in [0.2, 0.25) is 0 Å². The number of hydrogen-bond donors (Lipinski definition) is 1. The number of piperazine rings is 1. The summed E-state index contributed by atoms with van der Waals surface area (Å²) in [4.78, 5) is 13.2. The van der Waals surface area contributed by atoms with Crippen LogP contribution in [0.4, 0.5) is 5.69 Å². The summed E-state index contributed by atoms with van der Waals surface area (Å²) in [6.45, 7) is 9.42. The molecule has 1 saturated heterocycles. The molecule has 1 aliphatic rings. The largest absolute Gasteiger partial charge is 0.314 e. The summed E-state index contributed by atoms with van der Waals surface area (Å²) in [7, 11) is 0. The Labute approximate surface area is 129 Å². The molecule has 1 atom stereocenters. The van der Waals surface area contributed by atoms with E-state index >= 15 is 0 Å². The molecule has 5 nitrogen and oxygen atoms in total. The van der Waals surface area contributed by atoms with Crippen molar-refractivity contribution in [1.82, 2.24) is 10.2 Å². The monoisotopic (exact) mass is 309 g/mol. The lowest BCUT2D eigenvalue weighted by atomic mass is 9.96. The smallest absolute Gasteiger partial charge is 0.274 e. The van der Waals surface area contributed by atoms with Gasteiger partial charge in [-0.05, 0) is 25.5 Å². The molecule has 0 spiro atoms. The van der Waals surface area contributed by atoms with Crippen LogP contribution in [0.15, 0.2) is 30.4 Å². The number of nitro groups is 1. The van der Waals surface area contributed by atoms with Gasteiger partial charge >= 0.3 is 0 Å². The normalized spacial score (nSPS) is 17.4. The SMILES string of the molecule is C=C(C)C[C@H](c1cc(Cl)ccc1[N+](=O)[O-])N1CCNCC1. The molecule has 1 fully saturated rings. The highest BCUT2D eigenvalue weighted by atomic mass is 35.5. The number of hydrogen-bond acceptors (Lipinski definition) is 4. The molecule has 0 aliphatic carbocycles. The number of nitro benzene ring substituents is 1. The molecule has 0 saturated carbocycles. The van der Waals surface area contributed by atoms with Gasteiger partial charge in [0, 0.05) is 48.9 Å². The Morgan fingerprint density at radius 3 is 2.76 bits per heavy atom. The first-order valence-electron chi connectivity index (χ1n) is 7.02. The van der Waals surface area contributed by atoms with E-state index < -0.39 is 0 Å². The lowest BCUT2D eigenvalue weighted by Gasteiger charge is -2.35. The Bertz CT molecular complexity index is 542. The van der Waals surface area contributed by atoms with E-state index in [1.807, 2.05) is 6.92 Å². The maximum atomic E-state index is 11.3. The van der Waals surface area contributed by atoms with E-state index in [-0.39, 0.29) is 16.7 Å². The van der Waals surface area contributed by atoms with Gasteiger partial charge in [-0.1, -0.05) is 17.2 Å². The maximum Gasteiger partial charge on any atom is 0.274 e. The summed E-state index contributed by atoms with van der Waals surface area (Å²) < 4.78 is 0. The summed E-state index contributed by atoms with van der Waals surface area (Å²) in [6, 6.07) is 4.73. The van der Waals surface area contributed by atoms with E-state index in [1.165, 1.54) is 6.07 Å². The van der Waals surface area contributed by atoms with Crippen molar-refractivity contribution in [3.05, 3.63) is 51.1 Å². The van der Waals surface area contributed by atoms with Gasteiger partial charge in [0.25, 0.3) is 5.69 Å². The third-order valence-corrected chi connectivity index (χ3v) is 3.91. The summed E-state index contributed by atoms with van der Waals surface area (Å²) in [5, 5.41) is 15.1. The first-order chi connectivity index (χ1) is 9.99. The van der Waals surface area contributed by atoms with Gasteiger partial charge < -0.3 is 5.32 Å². The number of benzene rings is 1. The fourth-order valence-corrected chi connectivity index (χ4v) is 2.90. The first-order valence-corrected chi connectivity index (χ1v) is 7.40. The van der Waals surface area contributed by atoms with E-state index in [0.29, 0.717) is 17.0 Å². The van der Waals surface area contributed by atoms with Crippen LogP contribution in [0.5, 0.6) is 0 Å². The maximum absolute atomic E-state index is 11.3. The molecule has 0 bridgehead atoms. The molecule has 1 heterocycles. The Hall–Kier alpha value is -1.43. The van der Waals surface area contributed by atoms with Crippen LogP contribution < -0.4 is 5.32 Å². The second kappa shape index (κ2) is 7.02. The Kier molecular flexibility index (Phi) is 5.33. The fraction of sp³-hybridized carbons (Fsp3) is 0.467. The molecule has 1 aromatic carbocycles. The molecule has 1 aromatic rings. The summed E-state index contributed by atoms with van der Waals surface area (Å²) in [5.41, 5.74) is 1.81. The van der Waals surface area contributed by atoms with Gasteiger partial charge in [0.1, 0.15) is 0 Å². The average Bonchev–Trinajstić information content (AvgIpc) is 2.45. The van der Waals surface area contributed by atoms with Crippen LogP contribution in [0, 0.1) is 10.1 Å².